The lowest BCUT2D eigenvalue weighted by molar-refractivity contribution is -0.124. The molecule has 0 saturated heterocycles. The summed E-state index contributed by atoms with van der Waals surface area (Å²) in [5, 5.41) is 2.16. The Bertz CT molecular complexity index is 111. The normalized spacial score (nSPS) is 11.1. The van der Waals surface area contributed by atoms with Crippen molar-refractivity contribution in [2.45, 2.75) is 26.9 Å². The Balaban J connectivity index is 0. The van der Waals surface area contributed by atoms with Crippen LogP contribution in [0, 0.1) is 0 Å². The Kier molecular flexibility index (Phi) is 10.7. The van der Waals surface area contributed by atoms with E-state index in [0.717, 1.165) is 13.1 Å². The van der Waals surface area contributed by atoms with Gasteiger partial charge in [0.15, 0.2) is 0 Å². The van der Waals surface area contributed by atoms with E-state index in [0.29, 0.717) is 6.54 Å². The molecule has 0 amide bonds. The van der Waals surface area contributed by atoms with Gasteiger partial charge in [0, 0.05) is 0 Å². The van der Waals surface area contributed by atoms with Crippen LogP contribution >= 0.6 is 0 Å². The quantitative estimate of drug-likeness (QED) is 0.771. The van der Waals surface area contributed by atoms with E-state index in [-0.39, 0.29) is 0 Å². The number of alkyl halides is 3. The Morgan fingerprint density at radius 3 is 1.57 bits per heavy atom. The molecule has 5 heteroatoms. The zero-order valence-electron chi connectivity index (χ0n) is 9.41. The second-order valence-corrected chi connectivity index (χ2v) is 2.88. The van der Waals surface area contributed by atoms with Gasteiger partial charge in [-0.15, -0.1) is 0 Å². The van der Waals surface area contributed by atoms with Gasteiger partial charge in [-0.05, 0) is 26.7 Å². The van der Waals surface area contributed by atoms with E-state index in [4.69, 9.17) is 0 Å². The minimum atomic E-state index is -4.06. The fourth-order valence-electron chi connectivity index (χ4n) is 0.490. The number of rotatable bonds is 4. The van der Waals surface area contributed by atoms with Crippen molar-refractivity contribution in [2.75, 3.05) is 33.2 Å². The molecule has 2 nitrogen and oxygen atoms in total. The maximum atomic E-state index is 11.2. The molecule has 0 aromatic heterocycles. The van der Waals surface area contributed by atoms with E-state index in [1.165, 1.54) is 0 Å². The Morgan fingerprint density at radius 1 is 1.07 bits per heavy atom. The van der Waals surface area contributed by atoms with Gasteiger partial charge in [-0.1, -0.05) is 20.8 Å². The summed E-state index contributed by atoms with van der Waals surface area (Å²) >= 11 is 0. The molecule has 0 rings (SSSR count). The molecular weight excluding hydrogens is 193 g/mol. The van der Waals surface area contributed by atoms with Crippen LogP contribution < -0.4 is 5.32 Å². The summed E-state index contributed by atoms with van der Waals surface area (Å²) in [6, 6.07) is 0. The smallest absolute Gasteiger partial charge is 0.309 e. The van der Waals surface area contributed by atoms with Crippen LogP contribution in [0.5, 0.6) is 0 Å². The van der Waals surface area contributed by atoms with Gasteiger partial charge >= 0.3 is 6.18 Å². The molecule has 0 heterocycles. The van der Waals surface area contributed by atoms with Crippen molar-refractivity contribution >= 4 is 0 Å². The molecule has 0 aromatic carbocycles. The van der Waals surface area contributed by atoms with Crippen LogP contribution in [0.4, 0.5) is 13.2 Å². The van der Waals surface area contributed by atoms with Gasteiger partial charge in [-0.25, -0.2) is 0 Å². The van der Waals surface area contributed by atoms with Gasteiger partial charge in [-0.3, -0.25) is 0 Å². The molecule has 0 saturated carbocycles. The predicted octanol–water partition coefficient (Wildman–Crippen LogP) is 2.12. The Hall–Kier alpha value is -0.290. The SMILES string of the molecule is CCN(C)CC.CCNCC(F)(F)F. The van der Waals surface area contributed by atoms with E-state index >= 15 is 0 Å². The van der Waals surface area contributed by atoms with Crippen LogP contribution in [0.2, 0.25) is 0 Å². The van der Waals surface area contributed by atoms with Crippen molar-refractivity contribution in [3.8, 4) is 0 Å². The van der Waals surface area contributed by atoms with E-state index in [9.17, 15) is 13.2 Å². The summed E-state index contributed by atoms with van der Waals surface area (Å²) in [6.07, 6.45) is -4.06. The third kappa shape index (κ3) is 17.7. The fraction of sp³-hybridized carbons (Fsp3) is 1.00. The summed E-state index contributed by atoms with van der Waals surface area (Å²) < 4.78 is 33.5. The third-order valence-corrected chi connectivity index (χ3v) is 1.66. The molecule has 0 atom stereocenters. The van der Waals surface area contributed by atoms with Crippen LogP contribution in [0.15, 0.2) is 0 Å². The lowest BCUT2D eigenvalue weighted by atomic mass is 10.6. The maximum absolute atomic E-state index is 11.2. The van der Waals surface area contributed by atoms with Crippen molar-refractivity contribution in [1.82, 2.24) is 10.2 Å². The molecule has 0 bridgehead atoms. The lowest BCUT2D eigenvalue weighted by Crippen LogP contribution is -2.28. The van der Waals surface area contributed by atoms with Crippen LogP contribution in [-0.4, -0.2) is 44.3 Å². The van der Waals surface area contributed by atoms with Crippen molar-refractivity contribution in [3.05, 3.63) is 0 Å². The monoisotopic (exact) mass is 214 g/mol. The first-order valence-electron chi connectivity index (χ1n) is 4.83. The van der Waals surface area contributed by atoms with Gasteiger partial charge in [0.25, 0.3) is 0 Å². The number of nitrogens with zero attached hydrogens (tertiary/aromatic N) is 1. The van der Waals surface area contributed by atoms with E-state index in [2.05, 4.69) is 31.1 Å². The summed E-state index contributed by atoms with van der Waals surface area (Å²) in [5.41, 5.74) is 0. The molecule has 0 aromatic rings. The summed E-state index contributed by atoms with van der Waals surface area (Å²) in [4.78, 5) is 2.25. The van der Waals surface area contributed by atoms with E-state index in [1.54, 1.807) is 6.92 Å². The number of hydrogen-bond acceptors (Lipinski definition) is 2. The molecule has 0 fully saturated rings. The van der Waals surface area contributed by atoms with Gasteiger partial charge in [0.05, 0.1) is 6.54 Å². The average Bonchev–Trinajstić information content (AvgIpc) is 2.13. The Morgan fingerprint density at radius 2 is 1.50 bits per heavy atom. The van der Waals surface area contributed by atoms with Gasteiger partial charge in [0.1, 0.15) is 0 Å². The molecule has 0 aliphatic heterocycles. The maximum Gasteiger partial charge on any atom is 0.401 e. The molecule has 14 heavy (non-hydrogen) atoms. The molecule has 1 N–H and O–H groups in total. The molecule has 0 aliphatic rings. The lowest BCUT2D eigenvalue weighted by Gasteiger charge is -2.07. The average molecular weight is 214 g/mol. The van der Waals surface area contributed by atoms with E-state index < -0.39 is 12.7 Å². The van der Waals surface area contributed by atoms with Crippen LogP contribution in [0.25, 0.3) is 0 Å². The highest BCUT2D eigenvalue weighted by molar-refractivity contribution is 4.52. The summed E-state index contributed by atoms with van der Waals surface area (Å²) in [7, 11) is 2.11. The minimum Gasteiger partial charge on any atom is -0.309 e. The van der Waals surface area contributed by atoms with Gasteiger partial charge < -0.3 is 10.2 Å². The number of nitrogens with one attached hydrogen (secondary N) is 1. The highest BCUT2D eigenvalue weighted by atomic mass is 19.4. The number of hydrogen-bond donors (Lipinski definition) is 1. The fourth-order valence-corrected chi connectivity index (χ4v) is 0.490. The zero-order valence-corrected chi connectivity index (χ0v) is 9.41. The largest absolute Gasteiger partial charge is 0.401 e. The van der Waals surface area contributed by atoms with Crippen molar-refractivity contribution < 1.29 is 13.2 Å². The molecule has 0 radical (unpaired) electrons. The number of halogens is 3. The first-order chi connectivity index (χ1) is 6.37. The Labute approximate surface area is 84.5 Å². The molecular formula is C9H21F3N2. The third-order valence-electron chi connectivity index (χ3n) is 1.66. The van der Waals surface area contributed by atoms with Crippen LogP contribution in [0.1, 0.15) is 20.8 Å². The van der Waals surface area contributed by atoms with Crippen LogP contribution in [-0.2, 0) is 0 Å². The topological polar surface area (TPSA) is 15.3 Å². The minimum absolute atomic E-state index is 0.361. The molecule has 0 unspecified atom stereocenters. The van der Waals surface area contributed by atoms with Crippen molar-refractivity contribution in [3.63, 3.8) is 0 Å². The second-order valence-electron chi connectivity index (χ2n) is 2.88. The predicted molar refractivity (Wildman–Crippen MR) is 53.4 cm³/mol. The first kappa shape index (κ1) is 16.2. The van der Waals surface area contributed by atoms with Crippen molar-refractivity contribution in [2.24, 2.45) is 0 Å². The standard InChI is InChI=1S/C5H13N.C4H8F3N/c1-4-6(3)5-2;1-2-8-3-4(5,6)7/h4-5H2,1-3H3;8H,2-3H2,1H3. The highest BCUT2D eigenvalue weighted by Crippen LogP contribution is 2.11. The molecule has 88 valence electrons. The van der Waals surface area contributed by atoms with E-state index in [1.807, 2.05) is 0 Å². The molecule has 0 aliphatic carbocycles. The van der Waals surface area contributed by atoms with Gasteiger partial charge in [-0.2, -0.15) is 13.2 Å². The zero-order chi connectivity index (χ0) is 11.6. The second kappa shape index (κ2) is 9.27. The van der Waals surface area contributed by atoms with Gasteiger partial charge in [0.2, 0.25) is 0 Å². The highest BCUT2D eigenvalue weighted by Gasteiger charge is 2.25. The molecule has 0 spiro atoms. The first-order valence-corrected chi connectivity index (χ1v) is 4.83. The summed E-state index contributed by atoms with van der Waals surface area (Å²) in [6.45, 7) is 7.74. The van der Waals surface area contributed by atoms with Crippen molar-refractivity contribution in [1.29, 1.82) is 0 Å². The van der Waals surface area contributed by atoms with Crippen LogP contribution in [0.3, 0.4) is 0 Å². The summed E-state index contributed by atoms with van der Waals surface area (Å²) in [5.74, 6) is 0.